The number of likely N-dealkylation sites (N-methyl/N-ethyl adjacent to an activating group) is 1. The quantitative estimate of drug-likeness (QED) is 0.729. The van der Waals surface area contributed by atoms with Crippen LogP contribution in [0.4, 0.5) is 0 Å². The minimum absolute atomic E-state index is 0.869. The van der Waals surface area contributed by atoms with Crippen molar-refractivity contribution in [2.45, 2.75) is 45.1 Å². The largest absolute Gasteiger partial charge is 0.300 e. The Hall–Kier alpha value is -0.820. The smallest absolute Gasteiger partial charge is 0.00952 e. The van der Waals surface area contributed by atoms with E-state index in [1.165, 1.54) is 50.8 Å². The fourth-order valence-electron chi connectivity index (χ4n) is 2.79. The number of rotatable bonds is 5. The molecule has 1 nitrogen and oxygen atoms in total. The SMILES string of the molecule is CCN(CCc1ccccc1)C1CCCC1. The van der Waals surface area contributed by atoms with Crippen molar-refractivity contribution >= 4 is 0 Å². The van der Waals surface area contributed by atoms with Crippen LogP contribution < -0.4 is 0 Å². The Balaban J connectivity index is 1.83. The monoisotopic (exact) mass is 217 g/mol. The second-order valence-electron chi connectivity index (χ2n) is 4.80. The summed E-state index contributed by atoms with van der Waals surface area (Å²) in [6.07, 6.45) is 6.91. The Bertz CT molecular complexity index is 288. The third kappa shape index (κ3) is 3.08. The molecule has 1 heteroatoms. The van der Waals surface area contributed by atoms with Crippen molar-refractivity contribution in [3.8, 4) is 0 Å². The maximum absolute atomic E-state index is 2.67. The van der Waals surface area contributed by atoms with Crippen LogP contribution in [-0.2, 0) is 6.42 Å². The van der Waals surface area contributed by atoms with E-state index >= 15 is 0 Å². The fraction of sp³-hybridized carbons (Fsp3) is 0.600. The zero-order valence-corrected chi connectivity index (χ0v) is 10.4. The molecule has 0 atom stereocenters. The molecular formula is C15H23N. The lowest BCUT2D eigenvalue weighted by Crippen LogP contribution is -2.34. The minimum atomic E-state index is 0.869. The van der Waals surface area contributed by atoms with Crippen LogP contribution in [0.5, 0.6) is 0 Å². The molecule has 1 fully saturated rings. The molecule has 16 heavy (non-hydrogen) atoms. The average Bonchev–Trinajstić information content (AvgIpc) is 2.85. The van der Waals surface area contributed by atoms with Crippen molar-refractivity contribution in [3.63, 3.8) is 0 Å². The van der Waals surface area contributed by atoms with Gasteiger partial charge < -0.3 is 4.90 Å². The van der Waals surface area contributed by atoms with Gasteiger partial charge >= 0.3 is 0 Å². The molecule has 0 aliphatic heterocycles. The maximum atomic E-state index is 2.67. The van der Waals surface area contributed by atoms with Crippen molar-refractivity contribution in [3.05, 3.63) is 35.9 Å². The van der Waals surface area contributed by atoms with Crippen molar-refractivity contribution in [2.75, 3.05) is 13.1 Å². The summed E-state index contributed by atoms with van der Waals surface area (Å²) in [6.45, 7) is 4.73. The van der Waals surface area contributed by atoms with Gasteiger partial charge in [-0.2, -0.15) is 0 Å². The van der Waals surface area contributed by atoms with Gasteiger partial charge in [0.15, 0.2) is 0 Å². The Morgan fingerprint density at radius 2 is 1.81 bits per heavy atom. The highest BCUT2D eigenvalue weighted by molar-refractivity contribution is 5.14. The molecule has 0 bridgehead atoms. The van der Waals surface area contributed by atoms with Crippen LogP contribution in [0.1, 0.15) is 38.2 Å². The molecular weight excluding hydrogens is 194 g/mol. The first kappa shape index (κ1) is 11.7. The summed E-state index contributed by atoms with van der Waals surface area (Å²) in [6, 6.07) is 11.7. The minimum Gasteiger partial charge on any atom is -0.300 e. The molecule has 0 saturated heterocycles. The topological polar surface area (TPSA) is 3.24 Å². The zero-order valence-electron chi connectivity index (χ0n) is 10.4. The van der Waals surface area contributed by atoms with E-state index in [0.717, 1.165) is 6.04 Å². The van der Waals surface area contributed by atoms with Gasteiger partial charge in [-0.3, -0.25) is 0 Å². The van der Waals surface area contributed by atoms with Gasteiger partial charge in [0.05, 0.1) is 0 Å². The molecule has 0 spiro atoms. The van der Waals surface area contributed by atoms with Gasteiger partial charge in [0.1, 0.15) is 0 Å². The summed E-state index contributed by atoms with van der Waals surface area (Å²) in [5, 5.41) is 0. The van der Waals surface area contributed by atoms with Gasteiger partial charge in [0, 0.05) is 12.6 Å². The van der Waals surface area contributed by atoms with Crippen LogP contribution in [0.2, 0.25) is 0 Å². The van der Waals surface area contributed by atoms with E-state index in [-0.39, 0.29) is 0 Å². The van der Waals surface area contributed by atoms with Gasteiger partial charge in [-0.25, -0.2) is 0 Å². The first-order valence-electron chi connectivity index (χ1n) is 6.68. The van der Waals surface area contributed by atoms with Gasteiger partial charge in [-0.1, -0.05) is 50.1 Å². The molecule has 0 radical (unpaired) electrons. The van der Waals surface area contributed by atoms with Crippen LogP contribution in [-0.4, -0.2) is 24.0 Å². The van der Waals surface area contributed by atoms with Gasteiger partial charge in [0.25, 0.3) is 0 Å². The highest BCUT2D eigenvalue weighted by Crippen LogP contribution is 2.23. The molecule has 0 N–H and O–H groups in total. The Morgan fingerprint density at radius 1 is 1.12 bits per heavy atom. The third-order valence-corrected chi connectivity index (χ3v) is 3.78. The first-order chi connectivity index (χ1) is 7.90. The summed E-state index contributed by atoms with van der Waals surface area (Å²) >= 11 is 0. The van der Waals surface area contributed by atoms with Crippen LogP contribution in [0.3, 0.4) is 0 Å². The highest BCUT2D eigenvalue weighted by atomic mass is 15.1. The maximum Gasteiger partial charge on any atom is 0.00952 e. The number of hydrogen-bond donors (Lipinski definition) is 0. The highest BCUT2D eigenvalue weighted by Gasteiger charge is 2.20. The van der Waals surface area contributed by atoms with E-state index in [2.05, 4.69) is 42.2 Å². The Morgan fingerprint density at radius 3 is 2.44 bits per heavy atom. The summed E-state index contributed by atoms with van der Waals surface area (Å²) < 4.78 is 0. The van der Waals surface area contributed by atoms with Crippen molar-refractivity contribution < 1.29 is 0 Å². The molecule has 88 valence electrons. The normalized spacial score (nSPS) is 17.1. The van der Waals surface area contributed by atoms with Gasteiger partial charge in [-0.15, -0.1) is 0 Å². The number of hydrogen-bond acceptors (Lipinski definition) is 1. The van der Waals surface area contributed by atoms with Crippen LogP contribution in [0, 0.1) is 0 Å². The lowest BCUT2D eigenvalue weighted by molar-refractivity contribution is 0.211. The Kier molecular flexibility index (Phi) is 4.41. The van der Waals surface area contributed by atoms with E-state index in [0.29, 0.717) is 0 Å². The van der Waals surface area contributed by atoms with Crippen LogP contribution in [0.25, 0.3) is 0 Å². The molecule has 0 aromatic heterocycles. The second kappa shape index (κ2) is 6.05. The zero-order chi connectivity index (χ0) is 11.2. The van der Waals surface area contributed by atoms with Gasteiger partial charge in [0.2, 0.25) is 0 Å². The molecule has 0 unspecified atom stereocenters. The average molecular weight is 217 g/mol. The van der Waals surface area contributed by atoms with Gasteiger partial charge in [-0.05, 0) is 31.4 Å². The summed E-state index contributed by atoms with van der Waals surface area (Å²) in [5.74, 6) is 0. The van der Waals surface area contributed by atoms with Crippen molar-refractivity contribution in [2.24, 2.45) is 0 Å². The second-order valence-corrected chi connectivity index (χ2v) is 4.80. The molecule has 1 saturated carbocycles. The van der Waals surface area contributed by atoms with E-state index in [9.17, 15) is 0 Å². The molecule has 1 aromatic rings. The standard InChI is InChI=1S/C15H23N/c1-2-16(15-10-6-7-11-15)13-12-14-8-4-3-5-9-14/h3-5,8-9,15H,2,6-7,10-13H2,1H3. The van der Waals surface area contributed by atoms with E-state index in [1.54, 1.807) is 0 Å². The number of benzene rings is 1. The molecule has 2 rings (SSSR count). The molecule has 1 aliphatic rings. The predicted molar refractivity (Wildman–Crippen MR) is 69.6 cm³/mol. The summed E-state index contributed by atoms with van der Waals surface area (Å²) in [4.78, 5) is 2.67. The van der Waals surface area contributed by atoms with Crippen LogP contribution in [0.15, 0.2) is 30.3 Å². The molecule has 1 aliphatic carbocycles. The molecule has 1 aromatic carbocycles. The molecule has 0 heterocycles. The van der Waals surface area contributed by atoms with Crippen molar-refractivity contribution in [1.82, 2.24) is 4.90 Å². The summed E-state index contributed by atoms with van der Waals surface area (Å²) in [7, 11) is 0. The van der Waals surface area contributed by atoms with Crippen LogP contribution >= 0.6 is 0 Å². The first-order valence-corrected chi connectivity index (χ1v) is 6.68. The lowest BCUT2D eigenvalue weighted by Gasteiger charge is -2.27. The molecule has 0 amide bonds. The third-order valence-electron chi connectivity index (χ3n) is 3.78. The fourth-order valence-corrected chi connectivity index (χ4v) is 2.79. The van der Waals surface area contributed by atoms with E-state index in [4.69, 9.17) is 0 Å². The van der Waals surface area contributed by atoms with E-state index in [1.807, 2.05) is 0 Å². The summed E-state index contributed by atoms with van der Waals surface area (Å²) in [5.41, 5.74) is 1.47. The lowest BCUT2D eigenvalue weighted by atomic mass is 10.1. The Labute approximate surface area is 99.5 Å². The van der Waals surface area contributed by atoms with Crippen molar-refractivity contribution in [1.29, 1.82) is 0 Å². The van der Waals surface area contributed by atoms with E-state index < -0.39 is 0 Å². The number of nitrogens with zero attached hydrogens (tertiary/aromatic N) is 1. The predicted octanol–water partition coefficient (Wildman–Crippen LogP) is 3.49.